The summed E-state index contributed by atoms with van der Waals surface area (Å²) < 4.78 is 0. The molecule has 96 valence electrons. The SMILES string of the molecule is O=C1CC(c2c(Cl)cccc2Cl)Nc2ccccc21. The highest BCUT2D eigenvalue weighted by molar-refractivity contribution is 6.36. The third-order valence-electron chi connectivity index (χ3n) is 3.29. The van der Waals surface area contributed by atoms with E-state index in [2.05, 4.69) is 5.32 Å². The molecule has 0 radical (unpaired) electrons. The van der Waals surface area contributed by atoms with Gasteiger partial charge in [0, 0.05) is 33.3 Å². The molecule has 0 saturated carbocycles. The van der Waals surface area contributed by atoms with Crippen LogP contribution in [-0.2, 0) is 0 Å². The summed E-state index contributed by atoms with van der Waals surface area (Å²) in [5, 5.41) is 4.50. The Morgan fingerprint density at radius 2 is 1.68 bits per heavy atom. The molecule has 1 aliphatic heterocycles. The molecule has 2 nitrogen and oxygen atoms in total. The topological polar surface area (TPSA) is 29.1 Å². The molecule has 2 aromatic rings. The van der Waals surface area contributed by atoms with Gasteiger partial charge in [-0.3, -0.25) is 4.79 Å². The number of carbonyl (C=O) groups excluding carboxylic acids is 1. The second-order valence-electron chi connectivity index (χ2n) is 4.51. The van der Waals surface area contributed by atoms with Gasteiger partial charge < -0.3 is 5.32 Å². The normalized spacial score (nSPS) is 17.8. The van der Waals surface area contributed by atoms with Crippen LogP contribution in [0.1, 0.15) is 28.4 Å². The molecule has 1 N–H and O–H groups in total. The van der Waals surface area contributed by atoms with Crippen LogP contribution in [0.5, 0.6) is 0 Å². The van der Waals surface area contributed by atoms with Crippen LogP contribution in [0.15, 0.2) is 42.5 Å². The van der Waals surface area contributed by atoms with Crippen LogP contribution in [0.2, 0.25) is 10.0 Å². The van der Waals surface area contributed by atoms with Crippen molar-refractivity contribution in [2.45, 2.75) is 12.5 Å². The van der Waals surface area contributed by atoms with E-state index in [1.165, 1.54) is 0 Å². The van der Waals surface area contributed by atoms with Crippen molar-refractivity contribution >= 4 is 34.7 Å². The lowest BCUT2D eigenvalue weighted by Crippen LogP contribution is -2.23. The van der Waals surface area contributed by atoms with Crippen molar-refractivity contribution in [1.82, 2.24) is 0 Å². The van der Waals surface area contributed by atoms with Crippen LogP contribution in [0.25, 0.3) is 0 Å². The summed E-state index contributed by atoms with van der Waals surface area (Å²) in [5.74, 6) is 0.107. The summed E-state index contributed by atoms with van der Waals surface area (Å²) >= 11 is 12.4. The largest absolute Gasteiger partial charge is 0.377 e. The Morgan fingerprint density at radius 3 is 2.42 bits per heavy atom. The molecule has 0 spiro atoms. The molecule has 3 rings (SSSR count). The lowest BCUT2D eigenvalue weighted by molar-refractivity contribution is 0.0972. The van der Waals surface area contributed by atoms with Gasteiger partial charge in [-0.25, -0.2) is 0 Å². The van der Waals surface area contributed by atoms with Gasteiger partial charge in [0.25, 0.3) is 0 Å². The maximum Gasteiger partial charge on any atom is 0.167 e. The molecular formula is C15H11Cl2NO. The fourth-order valence-corrected chi connectivity index (χ4v) is 3.06. The van der Waals surface area contributed by atoms with Gasteiger partial charge in [0.05, 0.1) is 6.04 Å². The summed E-state index contributed by atoms with van der Waals surface area (Å²) in [5.41, 5.74) is 2.34. The lowest BCUT2D eigenvalue weighted by Gasteiger charge is -2.27. The quantitative estimate of drug-likeness (QED) is 0.823. The molecule has 1 atom stereocenters. The van der Waals surface area contributed by atoms with E-state index >= 15 is 0 Å². The Kier molecular flexibility index (Phi) is 3.21. The zero-order chi connectivity index (χ0) is 13.4. The molecule has 0 aromatic heterocycles. The molecule has 2 aromatic carbocycles. The fourth-order valence-electron chi connectivity index (χ4n) is 2.40. The molecule has 1 aliphatic rings. The van der Waals surface area contributed by atoms with Crippen molar-refractivity contribution in [3.05, 3.63) is 63.6 Å². The number of hydrogen-bond acceptors (Lipinski definition) is 2. The fraction of sp³-hybridized carbons (Fsp3) is 0.133. The molecule has 0 bridgehead atoms. The monoisotopic (exact) mass is 291 g/mol. The average Bonchev–Trinajstić information content (AvgIpc) is 2.38. The van der Waals surface area contributed by atoms with E-state index in [4.69, 9.17) is 23.2 Å². The molecule has 0 aliphatic carbocycles. The van der Waals surface area contributed by atoms with E-state index in [0.717, 1.165) is 16.8 Å². The molecule has 1 unspecified atom stereocenters. The van der Waals surface area contributed by atoms with Crippen LogP contribution in [0.4, 0.5) is 5.69 Å². The Balaban J connectivity index is 2.04. The minimum atomic E-state index is -0.177. The first-order valence-electron chi connectivity index (χ1n) is 5.99. The van der Waals surface area contributed by atoms with Gasteiger partial charge in [0.2, 0.25) is 0 Å². The first-order valence-corrected chi connectivity index (χ1v) is 6.75. The van der Waals surface area contributed by atoms with Gasteiger partial charge in [-0.1, -0.05) is 41.4 Å². The van der Waals surface area contributed by atoms with Crippen molar-refractivity contribution in [3.63, 3.8) is 0 Å². The van der Waals surface area contributed by atoms with Gasteiger partial charge in [0.1, 0.15) is 0 Å². The number of carbonyl (C=O) groups is 1. The number of hydrogen-bond donors (Lipinski definition) is 1. The molecule has 19 heavy (non-hydrogen) atoms. The number of anilines is 1. The minimum absolute atomic E-state index is 0.107. The maximum absolute atomic E-state index is 12.2. The van der Waals surface area contributed by atoms with Crippen molar-refractivity contribution in [2.24, 2.45) is 0 Å². The summed E-state index contributed by atoms with van der Waals surface area (Å²) in [6.07, 6.45) is 0.362. The van der Waals surface area contributed by atoms with E-state index in [9.17, 15) is 4.79 Å². The zero-order valence-corrected chi connectivity index (χ0v) is 11.5. The van der Waals surface area contributed by atoms with E-state index < -0.39 is 0 Å². The van der Waals surface area contributed by atoms with E-state index in [0.29, 0.717) is 16.5 Å². The second-order valence-corrected chi connectivity index (χ2v) is 5.32. The van der Waals surface area contributed by atoms with Crippen LogP contribution in [0.3, 0.4) is 0 Å². The summed E-state index contributed by atoms with van der Waals surface area (Å²) in [7, 11) is 0. The first kappa shape index (κ1) is 12.5. The Labute approximate surface area is 121 Å². The Morgan fingerprint density at radius 1 is 1.00 bits per heavy atom. The van der Waals surface area contributed by atoms with E-state index in [1.54, 1.807) is 18.2 Å². The highest BCUT2D eigenvalue weighted by atomic mass is 35.5. The number of ketones is 1. The second kappa shape index (κ2) is 4.87. The number of Topliss-reactive ketones (excluding diaryl/α,β-unsaturated/α-hetero) is 1. The third-order valence-corrected chi connectivity index (χ3v) is 3.95. The predicted octanol–water partition coefficient (Wildman–Crippen LogP) is 4.73. The summed E-state index contributed by atoms with van der Waals surface area (Å²) in [6, 6.07) is 12.7. The van der Waals surface area contributed by atoms with Gasteiger partial charge in [0.15, 0.2) is 5.78 Å². The number of nitrogens with one attached hydrogen (secondary N) is 1. The predicted molar refractivity (Wildman–Crippen MR) is 78.2 cm³/mol. The lowest BCUT2D eigenvalue weighted by atomic mass is 9.92. The first-order chi connectivity index (χ1) is 9.16. The standard InChI is InChI=1S/C15H11Cl2NO/c16-10-5-3-6-11(17)15(10)13-8-14(19)9-4-1-2-7-12(9)18-13/h1-7,13,18H,8H2. The van der Waals surface area contributed by atoms with E-state index in [-0.39, 0.29) is 11.8 Å². The van der Waals surface area contributed by atoms with Crippen LogP contribution >= 0.6 is 23.2 Å². The Hall–Kier alpha value is -1.51. The number of fused-ring (bicyclic) bond motifs is 1. The van der Waals surface area contributed by atoms with Gasteiger partial charge in [-0.15, -0.1) is 0 Å². The van der Waals surface area contributed by atoms with Crippen molar-refractivity contribution in [1.29, 1.82) is 0 Å². The smallest absolute Gasteiger partial charge is 0.167 e. The molecule has 0 saturated heterocycles. The number of halogens is 2. The molecule has 0 fully saturated rings. The maximum atomic E-state index is 12.2. The van der Waals surface area contributed by atoms with Crippen LogP contribution in [0, 0.1) is 0 Å². The zero-order valence-electron chi connectivity index (χ0n) is 9.99. The van der Waals surface area contributed by atoms with Gasteiger partial charge in [-0.05, 0) is 24.3 Å². The minimum Gasteiger partial charge on any atom is -0.377 e. The van der Waals surface area contributed by atoms with Crippen molar-refractivity contribution < 1.29 is 4.79 Å². The van der Waals surface area contributed by atoms with Crippen LogP contribution < -0.4 is 5.32 Å². The molecule has 1 heterocycles. The number of benzene rings is 2. The molecule has 0 amide bonds. The number of rotatable bonds is 1. The highest BCUT2D eigenvalue weighted by Crippen LogP contribution is 2.38. The van der Waals surface area contributed by atoms with Crippen molar-refractivity contribution in [3.8, 4) is 0 Å². The highest BCUT2D eigenvalue weighted by Gasteiger charge is 2.27. The van der Waals surface area contributed by atoms with Crippen molar-refractivity contribution in [2.75, 3.05) is 5.32 Å². The van der Waals surface area contributed by atoms with Crippen LogP contribution in [-0.4, -0.2) is 5.78 Å². The number of para-hydroxylation sites is 1. The van der Waals surface area contributed by atoms with Gasteiger partial charge >= 0.3 is 0 Å². The summed E-state index contributed by atoms with van der Waals surface area (Å²) in [4.78, 5) is 12.2. The summed E-state index contributed by atoms with van der Waals surface area (Å²) in [6.45, 7) is 0. The van der Waals surface area contributed by atoms with E-state index in [1.807, 2.05) is 24.3 Å². The Bertz CT molecular complexity index is 634. The molecular weight excluding hydrogens is 281 g/mol. The third kappa shape index (κ3) is 2.22. The molecule has 4 heteroatoms. The average molecular weight is 292 g/mol. The van der Waals surface area contributed by atoms with Gasteiger partial charge in [-0.2, -0.15) is 0 Å².